The van der Waals surface area contributed by atoms with Gasteiger partial charge in [-0.1, -0.05) is 12.8 Å². The SMILES string of the molecule is COc1cc2c(c(OC)c1)C[C@@H]1CCCC[C@]1(CCOC(C)=O)C2. The largest absolute Gasteiger partial charge is 0.497 e. The molecule has 0 spiro atoms. The van der Waals surface area contributed by atoms with Crippen LogP contribution >= 0.6 is 0 Å². The smallest absolute Gasteiger partial charge is 0.302 e. The lowest BCUT2D eigenvalue weighted by Gasteiger charge is -2.48. The van der Waals surface area contributed by atoms with Gasteiger partial charge < -0.3 is 14.2 Å². The molecule has 0 aromatic heterocycles. The third kappa shape index (κ3) is 3.24. The standard InChI is InChI=1S/C20H28O4/c1-14(21)24-9-8-20-7-5-4-6-16(20)11-18-15(13-20)10-17(22-2)12-19(18)23-3/h10,12,16H,4-9,11,13H2,1-3H3/t16-,20-/m0/s1. The highest BCUT2D eigenvalue weighted by Gasteiger charge is 2.44. The maximum Gasteiger partial charge on any atom is 0.302 e. The number of benzene rings is 1. The van der Waals surface area contributed by atoms with Gasteiger partial charge in [-0.3, -0.25) is 4.79 Å². The van der Waals surface area contributed by atoms with Gasteiger partial charge in [-0.2, -0.15) is 0 Å². The van der Waals surface area contributed by atoms with Crippen molar-refractivity contribution in [1.29, 1.82) is 0 Å². The normalized spacial score (nSPS) is 25.4. The summed E-state index contributed by atoms with van der Waals surface area (Å²) in [6.07, 6.45) is 8.09. The zero-order chi connectivity index (χ0) is 17.2. The van der Waals surface area contributed by atoms with Gasteiger partial charge in [0.1, 0.15) is 11.5 Å². The van der Waals surface area contributed by atoms with Crippen molar-refractivity contribution in [2.75, 3.05) is 20.8 Å². The van der Waals surface area contributed by atoms with Crippen LogP contribution in [0.5, 0.6) is 11.5 Å². The molecular formula is C20H28O4. The molecule has 0 saturated heterocycles. The summed E-state index contributed by atoms with van der Waals surface area (Å²) in [6, 6.07) is 4.16. The molecule has 1 aromatic rings. The van der Waals surface area contributed by atoms with Crippen molar-refractivity contribution in [2.45, 2.75) is 51.9 Å². The summed E-state index contributed by atoms with van der Waals surface area (Å²) in [6.45, 7) is 2.02. The molecule has 1 saturated carbocycles. The summed E-state index contributed by atoms with van der Waals surface area (Å²) in [5.41, 5.74) is 2.93. The summed E-state index contributed by atoms with van der Waals surface area (Å²) < 4.78 is 16.4. The molecule has 0 heterocycles. The maximum absolute atomic E-state index is 11.2. The number of esters is 1. The van der Waals surface area contributed by atoms with Gasteiger partial charge in [0.15, 0.2) is 0 Å². The van der Waals surface area contributed by atoms with Crippen LogP contribution in [0.2, 0.25) is 0 Å². The topological polar surface area (TPSA) is 44.8 Å². The van der Waals surface area contributed by atoms with Gasteiger partial charge in [0.2, 0.25) is 0 Å². The molecule has 3 rings (SSSR count). The molecule has 0 bridgehead atoms. The molecule has 1 fully saturated rings. The zero-order valence-corrected chi connectivity index (χ0v) is 15.0. The Morgan fingerprint density at radius 1 is 1.25 bits per heavy atom. The van der Waals surface area contributed by atoms with E-state index in [-0.39, 0.29) is 11.4 Å². The Kier molecular flexibility index (Phi) is 5.02. The minimum Gasteiger partial charge on any atom is -0.497 e. The summed E-state index contributed by atoms with van der Waals surface area (Å²) in [5.74, 6) is 2.27. The van der Waals surface area contributed by atoms with Gasteiger partial charge in [-0.25, -0.2) is 0 Å². The quantitative estimate of drug-likeness (QED) is 0.766. The van der Waals surface area contributed by atoms with Gasteiger partial charge >= 0.3 is 5.97 Å². The molecule has 4 nitrogen and oxygen atoms in total. The zero-order valence-electron chi connectivity index (χ0n) is 15.0. The van der Waals surface area contributed by atoms with Crippen LogP contribution in [0.3, 0.4) is 0 Å². The minimum atomic E-state index is -0.182. The molecule has 4 heteroatoms. The second-order valence-corrected chi connectivity index (χ2v) is 7.24. The van der Waals surface area contributed by atoms with Crippen LogP contribution in [0.4, 0.5) is 0 Å². The van der Waals surface area contributed by atoms with Crippen LogP contribution in [0.25, 0.3) is 0 Å². The number of hydrogen-bond acceptors (Lipinski definition) is 4. The van der Waals surface area contributed by atoms with Crippen molar-refractivity contribution in [2.24, 2.45) is 11.3 Å². The maximum atomic E-state index is 11.2. The monoisotopic (exact) mass is 332 g/mol. The number of methoxy groups -OCH3 is 2. The molecule has 0 amide bonds. The number of hydrogen-bond donors (Lipinski definition) is 0. The van der Waals surface area contributed by atoms with E-state index in [1.165, 1.54) is 43.7 Å². The van der Waals surface area contributed by atoms with Crippen LogP contribution < -0.4 is 9.47 Å². The van der Waals surface area contributed by atoms with Crippen molar-refractivity contribution in [3.8, 4) is 11.5 Å². The number of carbonyl (C=O) groups is 1. The fourth-order valence-corrected chi connectivity index (χ4v) is 4.74. The van der Waals surface area contributed by atoms with Crippen molar-refractivity contribution in [3.05, 3.63) is 23.3 Å². The lowest BCUT2D eigenvalue weighted by atomic mass is 9.57. The lowest BCUT2D eigenvalue weighted by molar-refractivity contribution is -0.142. The van der Waals surface area contributed by atoms with E-state index in [9.17, 15) is 4.79 Å². The Morgan fingerprint density at radius 2 is 2.08 bits per heavy atom. The Balaban J connectivity index is 1.91. The molecule has 0 N–H and O–H groups in total. The van der Waals surface area contributed by atoms with E-state index < -0.39 is 0 Å². The Labute approximate surface area is 144 Å². The first kappa shape index (κ1) is 17.1. The summed E-state index contributed by atoms with van der Waals surface area (Å²) in [4.78, 5) is 11.2. The first-order valence-electron chi connectivity index (χ1n) is 8.95. The number of carbonyl (C=O) groups excluding carboxylic acids is 1. The second-order valence-electron chi connectivity index (χ2n) is 7.24. The molecule has 0 aliphatic heterocycles. The Bertz CT molecular complexity index is 610. The van der Waals surface area contributed by atoms with Crippen molar-refractivity contribution >= 4 is 5.97 Å². The molecular weight excluding hydrogens is 304 g/mol. The molecule has 132 valence electrons. The number of fused-ring (bicyclic) bond motifs is 2. The fraction of sp³-hybridized carbons (Fsp3) is 0.650. The lowest BCUT2D eigenvalue weighted by Crippen LogP contribution is -2.41. The van der Waals surface area contributed by atoms with Crippen LogP contribution in [-0.2, 0) is 22.4 Å². The second kappa shape index (κ2) is 7.04. The molecule has 0 unspecified atom stereocenters. The van der Waals surface area contributed by atoms with E-state index in [0.29, 0.717) is 12.5 Å². The number of rotatable bonds is 5. The van der Waals surface area contributed by atoms with E-state index >= 15 is 0 Å². The third-order valence-electron chi connectivity index (χ3n) is 5.97. The van der Waals surface area contributed by atoms with Gasteiger partial charge in [-0.05, 0) is 60.6 Å². The molecule has 1 aromatic carbocycles. The van der Waals surface area contributed by atoms with Gasteiger partial charge in [-0.15, -0.1) is 0 Å². The van der Waals surface area contributed by atoms with Crippen LogP contribution in [-0.4, -0.2) is 26.8 Å². The molecule has 0 radical (unpaired) electrons. The van der Waals surface area contributed by atoms with E-state index in [1.54, 1.807) is 14.2 Å². The van der Waals surface area contributed by atoms with Gasteiger partial charge in [0, 0.05) is 13.0 Å². The predicted molar refractivity (Wildman–Crippen MR) is 92.6 cm³/mol. The highest BCUT2D eigenvalue weighted by atomic mass is 16.5. The Morgan fingerprint density at radius 3 is 2.79 bits per heavy atom. The fourth-order valence-electron chi connectivity index (χ4n) is 4.74. The van der Waals surface area contributed by atoms with E-state index in [4.69, 9.17) is 14.2 Å². The average Bonchev–Trinajstić information content (AvgIpc) is 2.58. The summed E-state index contributed by atoms with van der Waals surface area (Å²) in [5, 5.41) is 0. The Hall–Kier alpha value is -1.71. The predicted octanol–water partition coefficient (Wildman–Crippen LogP) is 3.93. The highest BCUT2D eigenvalue weighted by Crippen LogP contribution is 2.53. The van der Waals surface area contributed by atoms with Crippen molar-refractivity contribution in [3.63, 3.8) is 0 Å². The van der Waals surface area contributed by atoms with Gasteiger partial charge in [0.25, 0.3) is 0 Å². The third-order valence-corrected chi connectivity index (χ3v) is 5.97. The molecule has 2 atom stereocenters. The molecule has 2 aliphatic carbocycles. The first-order chi connectivity index (χ1) is 11.6. The van der Waals surface area contributed by atoms with Crippen LogP contribution in [0, 0.1) is 11.3 Å². The van der Waals surface area contributed by atoms with Crippen LogP contribution in [0.15, 0.2) is 12.1 Å². The van der Waals surface area contributed by atoms with Crippen LogP contribution in [0.1, 0.15) is 50.2 Å². The van der Waals surface area contributed by atoms with E-state index in [2.05, 4.69) is 6.07 Å². The summed E-state index contributed by atoms with van der Waals surface area (Å²) in [7, 11) is 3.43. The highest BCUT2D eigenvalue weighted by molar-refractivity contribution is 5.65. The van der Waals surface area contributed by atoms with Crippen molar-refractivity contribution in [1.82, 2.24) is 0 Å². The average molecular weight is 332 g/mol. The molecule has 24 heavy (non-hydrogen) atoms. The van der Waals surface area contributed by atoms with Crippen molar-refractivity contribution < 1.29 is 19.0 Å². The number of ether oxygens (including phenoxy) is 3. The minimum absolute atomic E-state index is 0.182. The summed E-state index contributed by atoms with van der Waals surface area (Å²) >= 11 is 0. The van der Waals surface area contributed by atoms with E-state index in [0.717, 1.165) is 30.8 Å². The van der Waals surface area contributed by atoms with Gasteiger partial charge in [0.05, 0.1) is 20.8 Å². The van der Waals surface area contributed by atoms with E-state index in [1.807, 2.05) is 6.07 Å². The molecule has 2 aliphatic rings. The first-order valence-corrected chi connectivity index (χ1v) is 8.95.